The number of hydrogen-bond acceptors (Lipinski definition) is 2. The SMILES string of the molecule is Cc1cc(CN)nn1CC(C)C. The molecular formula is C9H17N3. The Bertz CT molecular complexity index is 250. The first-order valence-corrected chi connectivity index (χ1v) is 4.37. The van der Waals surface area contributed by atoms with Crippen molar-refractivity contribution < 1.29 is 0 Å². The number of hydrogen-bond donors (Lipinski definition) is 1. The largest absolute Gasteiger partial charge is 0.325 e. The smallest absolute Gasteiger partial charge is 0.0763 e. The zero-order valence-electron chi connectivity index (χ0n) is 8.04. The van der Waals surface area contributed by atoms with Gasteiger partial charge >= 0.3 is 0 Å². The molecule has 2 N–H and O–H groups in total. The third-order valence-corrected chi connectivity index (χ3v) is 1.78. The second-order valence-electron chi connectivity index (χ2n) is 3.56. The van der Waals surface area contributed by atoms with Crippen molar-refractivity contribution in [1.82, 2.24) is 9.78 Å². The van der Waals surface area contributed by atoms with E-state index in [2.05, 4.69) is 25.9 Å². The van der Waals surface area contributed by atoms with E-state index >= 15 is 0 Å². The lowest BCUT2D eigenvalue weighted by Gasteiger charge is -2.06. The lowest BCUT2D eigenvalue weighted by molar-refractivity contribution is 0.471. The van der Waals surface area contributed by atoms with E-state index in [0.29, 0.717) is 12.5 Å². The molecule has 0 bridgehead atoms. The number of rotatable bonds is 3. The van der Waals surface area contributed by atoms with Crippen LogP contribution in [0.4, 0.5) is 0 Å². The second-order valence-corrected chi connectivity index (χ2v) is 3.56. The minimum atomic E-state index is 0.534. The fourth-order valence-corrected chi connectivity index (χ4v) is 1.21. The summed E-state index contributed by atoms with van der Waals surface area (Å²) >= 11 is 0. The molecule has 0 amide bonds. The normalized spacial score (nSPS) is 11.1. The van der Waals surface area contributed by atoms with Crippen LogP contribution in [0, 0.1) is 12.8 Å². The van der Waals surface area contributed by atoms with E-state index in [0.717, 1.165) is 12.2 Å². The molecule has 12 heavy (non-hydrogen) atoms. The zero-order valence-corrected chi connectivity index (χ0v) is 8.04. The Morgan fingerprint density at radius 3 is 2.67 bits per heavy atom. The summed E-state index contributed by atoms with van der Waals surface area (Å²) in [4.78, 5) is 0. The number of aromatic nitrogens is 2. The third kappa shape index (κ3) is 2.08. The highest BCUT2D eigenvalue weighted by Gasteiger charge is 2.03. The summed E-state index contributed by atoms with van der Waals surface area (Å²) in [6.45, 7) is 7.94. The zero-order chi connectivity index (χ0) is 9.14. The standard InChI is InChI=1S/C9H17N3/c1-7(2)6-12-8(3)4-9(5-10)11-12/h4,7H,5-6,10H2,1-3H3. The van der Waals surface area contributed by atoms with Crippen molar-refractivity contribution in [2.45, 2.75) is 33.9 Å². The van der Waals surface area contributed by atoms with Gasteiger partial charge in [0.2, 0.25) is 0 Å². The van der Waals surface area contributed by atoms with Gasteiger partial charge in [-0.15, -0.1) is 0 Å². The van der Waals surface area contributed by atoms with E-state index < -0.39 is 0 Å². The molecule has 0 radical (unpaired) electrons. The Morgan fingerprint density at radius 1 is 1.58 bits per heavy atom. The topological polar surface area (TPSA) is 43.8 Å². The lowest BCUT2D eigenvalue weighted by atomic mass is 10.2. The van der Waals surface area contributed by atoms with Gasteiger partial charge in [-0.2, -0.15) is 5.10 Å². The molecule has 0 atom stereocenters. The molecule has 68 valence electrons. The van der Waals surface area contributed by atoms with E-state index in [9.17, 15) is 0 Å². The molecule has 0 saturated carbocycles. The van der Waals surface area contributed by atoms with Crippen LogP contribution in [0.25, 0.3) is 0 Å². The summed E-state index contributed by atoms with van der Waals surface area (Å²) in [6, 6.07) is 2.04. The predicted octanol–water partition coefficient (Wildman–Crippen LogP) is 1.31. The molecule has 3 heteroatoms. The van der Waals surface area contributed by atoms with Gasteiger partial charge in [0, 0.05) is 18.8 Å². The van der Waals surface area contributed by atoms with Gasteiger partial charge in [-0.05, 0) is 18.9 Å². The Morgan fingerprint density at radius 2 is 2.25 bits per heavy atom. The molecule has 0 spiro atoms. The molecule has 1 heterocycles. The maximum Gasteiger partial charge on any atom is 0.0763 e. The predicted molar refractivity (Wildman–Crippen MR) is 49.7 cm³/mol. The van der Waals surface area contributed by atoms with Gasteiger partial charge in [-0.25, -0.2) is 0 Å². The van der Waals surface area contributed by atoms with Gasteiger partial charge in [0.05, 0.1) is 5.69 Å². The monoisotopic (exact) mass is 167 g/mol. The molecule has 1 rings (SSSR count). The van der Waals surface area contributed by atoms with Gasteiger partial charge in [0.25, 0.3) is 0 Å². The molecule has 0 saturated heterocycles. The molecule has 0 aromatic carbocycles. The van der Waals surface area contributed by atoms with Crippen molar-refractivity contribution in [2.24, 2.45) is 11.7 Å². The number of aryl methyl sites for hydroxylation is 1. The van der Waals surface area contributed by atoms with Crippen LogP contribution in [0.15, 0.2) is 6.07 Å². The minimum Gasteiger partial charge on any atom is -0.325 e. The second kappa shape index (κ2) is 3.72. The first-order valence-electron chi connectivity index (χ1n) is 4.37. The minimum absolute atomic E-state index is 0.534. The van der Waals surface area contributed by atoms with Crippen LogP contribution in [0.5, 0.6) is 0 Å². The fraction of sp³-hybridized carbons (Fsp3) is 0.667. The Labute approximate surface area is 73.6 Å². The Balaban J connectivity index is 2.77. The van der Waals surface area contributed by atoms with Crippen molar-refractivity contribution in [3.05, 3.63) is 17.5 Å². The highest BCUT2D eigenvalue weighted by molar-refractivity contribution is 5.08. The van der Waals surface area contributed by atoms with E-state index in [1.165, 1.54) is 5.69 Å². The summed E-state index contributed by atoms with van der Waals surface area (Å²) in [7, 11) is 0. The van der Waals surface area contributed by atoms with E-state index in [-0.39, 0.29) is 0 Å². The van der Waals surface area contributed by atoms with E-state index in [1.807, 2.05) is 10.7 Å². The van der Waals surface area contributed by atoms with Gasteiger partial charge < -0.3 is 5.73 Å². The summed E-state index contributed by atoms with van der Waals surface area (Å²) in [5.74, 6) is 0.634. The van der Waals surface area contributed by atoms with Crippen molar-refractivity contribution >= 4 is 0 Å². The average Bonchev–Trinajstić information content (AvgIpc) is 2.31. The maximum atomic E-state index is 5.49. The van der Waals surface area contributed by atoms with Gasteiger partial charge in [0.15, 0.2) is 0 Å². The quantitative estimate of drug-likeness (QED) is 0.737. The molecule has 1 aromatic heterocycles. The molecule has 1 aromatic rings. The molecule has 0 aliphatic carbocycles. The van der Waals surface area contributed by atoms with Crippen LogP contribution in [-0.2, 0) is 13.1 Å². The third-order valence-electron chi connectivity index (χ3n) is 1.78. The molecular weight excluding hydrogens is 150 g/mol. The summed E-state index contributed by atoms with van der Waals surface area (Å²) in [5.41, 5.74) is 7.67. The molecule has 0 unspecified atom stereocenters. The summed E-state index contributed by atoms with van der Waals surface area (Å²) in [5, 5.41) is 4.36. The number of nitrogens with two attached hydrogens (primary N) is 1. The van der Waals surface area contributed by atoms with Crippen LogP contribution in [0.1, 0.15) is 25.2 Å². The molecule has 0 fully saturated rings. The van der Waals surface area contributed by atoms with Crippen LogP contribution in [0.3, 0.4) is 0 Å². The first kappa shape index (κ1) is 9.26. The Kier molecular flexibility index (Phi) is 2.87. The first-order chi connectivity index (χ1) is 5.63. The van der Waals surface area contributed by atoms with Crippen LogP contribution < -0.4 is 5.73 Å². The lowest BCUT2D eigenvalue weighted by Crippen LogP contribution is -2.08. The van der Waals surface area contributed by atoms with Crippen molar-refractivity contribution in [1.29, 1.82) is 0 Å². The van der Waals surface area contributed by atoms with Gasteiger partial charge in [-0.1, -0.05) is 13.8 Å². The molecule has 3 nitrogen and oxygen atoms in total. The van der Waals surface area contributed by atoms with Crippen LogP contribution >= 0.6 is 0 Å². The Hall–Kier alpha value is -0.830. The average molecular weight is 167 g/mol. The highest BCUT2D eigenvalue weighted by Crippen LogP contribution is 2.05. The van der Waals surface area contributed by atoms with Gasteiger partial charge in [0.1, 0.15) is 0 Å². The summed E-state index contributed by atoms with van der Waals surface area (Å²) < 4.78 is 2.02. The fourth-order valence-electron chi connectivity index (χ4n) is 1.21. The van der Waals surface area contributed by atoms with E-state index in [4.69, 9.17) is 5.73 Å². The summed E-state index contributed by atoms with van der Waals surface area (Å²) in [6.07, 6.45) is 0. The van der Waals surface area contributed by atoms with Crippen molar-refractivity contribution in [3.63, 3.8) is 0 Å². The highest BCUT2D eigenvalue weighted by atomic mass is 15.3. The van der Waals surface area contributed by atoms with Crippen molar-refractivity contribution in [2.75, 3.05) is 0 Å². The molecule has 0 aliphatic rings. The maximum absolute atomic E-state index is 5.49. The van der Waals surface area contributed by atoms with Crippen molar-refractivity contribution in [3.8, 4) is 0 Å². The van der Waals surface area contributed by atoms with E-state index in [1.54, 1.807) is 0 Å². The molecule has 0 aliphatic heterocycles. The van der Waals surface area contributed by atoms with Crippen LogP contribution in [-0.4, -0.2) is 9.78 Å². The van der Waals surface area contributed by atoms with Gasteiger partial charge in [-0.3, -0.25) is 4.68 Å². The van der Waals surface area contributed by atoms with Crippen LogP contribution in [0.2, 0.25) is 0 Å². The number of nitrogens with zero attached hydrogens (tertiary/aromatic N) is 2.